The van der Waals surface area contributed by atoms with Gasteiger partial charge in [0.25, 0.3) is 0 Å². The molecule has 0 unspecified atom stereocenters. The fraction of sp³-hybridized carbons (Fsp3) is 0.440. The van der Waals surface area contributed by atoms with E-state index in [9.17, 15) is 0 Å². The molecule has 0 aromatic heterocycles. The van der Waals surface area contributed by atoms with Gasteiger partial charge < -0.3 is 5.11 Å². The largest absolute Gasteiger partial charge is 0.397 e. The molecule has 0 fully saturated rings. The Morgan fingerprint density at radius 2 is 1.23 bits per heavy atom. The highest BCUT2D eigenvalue weighted by Crippen LogP contribution is 2.32. The van der Waals surface area contributed by atoms with Gasteiger partial charge in [-0.15, -0.1) is 0 Å². The van der Waals surface area contributed by atoms with E-state index in [1.165, 1.54) is 34.2 Å². The average Bonchev–Trinajstić information content (AvgIpc) is 2.63. The summed E-state index contributed by atoms with van der Waals surface area (Å²) in [6.45, 7) is 17.1. The molecule has 0 bridgehead atoms. The molecule has 2 rings (SSSR count). The quantitative estimate of drug-likeness (QED) is 0.620. The van der Waals surface area contributed by atoms with Crippen LogP contribution in [-0.4, -0.2) is 11.7 Å². The fourth-order valence-electron chi connectivity index (χ4n) is 2.45. The highest BCUT2D eigenvalue weighted by Gasteiger charge is 2.22. The van der Waals surface area contributed by atoms with Gasteiger partial charge in [0.15, 0.2) is 0 Å². The SMILES string of the molecule is CC=C(C)c1ccc(C(C)(C)c2ccc(C)cc2)cc1.CCC.CCO. The monoisotopic (exact) mass is 354 g/mol. The van der Waals surface area contributed by atoms with Crippen molar-refractivity contribution in [2.24, 2.45) is 0 Å². The molecule has 2 aromatic rings. The molecule has 0 atom stereocenters. The molecule has 1 heteroatoms. The Morgan fingerprint density at radius 1 is 0.885 bits per heavy atom. The molecule has 0 saturated carbocycles. The Bertz CT molecular complexity index is 629. The molecule has 0 heterocycles. The van der Waals surface area contributed by atoms with E-state index in [1.54, 1.807) is 6.92 Å². The van der Waals surface area contributed by atoms with Crippen LogP contribution in [0.2, 0.25) is 0 Å². The summed E-state index contributed by atoms with van der Waals surface area (Å²) in [5.74, 6) is 0. The van der Waals surface area contributed by atoms with Gasteiger partial charge in [0.2, 0.25) is 0 Å². The smallest absolute Gasteiger partial charge is 0.0402 e. The Kier molecular flexibility index (Phi) is 11.6. The summed E-state index contributed by atoms with van der Waals surface area (Å²) >= 11 is 0. The molecular weight excluding hydrogens is 316 g/mol. The molecule has 144 valence electrons. The summed E-state index contributed by atoms with van der Waals surface area (Å²) in [6, 6.07) is 17.8. The van der Waals surface area contributed by atoms with E-state index < -0.39 is 0 Å². The zero-order valence-corrected chi connectivity index (χ0v) is 18.1. The summed E-state index contributed by atoms with van der Waals surface area (Å²) in [5, 5.41) is 7.57. The lowest BCUT2D eigenvalue weighted by atomic mass is 9.77. The molecule has 0 saturated heterocycles. The van der Waals surface area contributed by atoms with Crippen LogP contribution in [0.3, 0.4) is 0 Å². The van der Waals surface area contributed by atoms with Gasteiger partial charge in [0, 0.05) is 12.0 Å². The third kappa shape index (κ3) is 7.58. The zero-order valence-electron chi connectivity index (χ0n) is 18.1. The maximum Gasteiger partial charge on any atom is 0.0402 e. The van der Waals surface area contributed by atoms with E-state index in [1.807, 2.05) is 0 Å². The minimum Gasteiger partial charge on any atom is -0.397 e. The van der Waals surface area contributed by atoms with Gasteiger partial charge >= 0.3 is 0 Å². The minimum absolute atomic E-state index is 0.0378. The van der Waals surface area contributed by atoms with Crippen LogP contribution in [0.5, 0.6) is 0 Å². The Hall–Kier alpha value is -1.86. The third-order valence-electron chi connectivity index (χ3n) is 4.27. The average molecular weight is 355 g/mol. The van der Waals surface area contributed by atoms with Gasteiger partial charge in [0.1, 0.15) is 0 Å². The first-order valence-corrected chi connectivity index (χ1v) is 9.70. The zero-order chi connectivity index (χ0) is 20.2. The first-order valence-electron chi connectivity index (χ1n) is 9.70. The van der Waals surface area contributed by atoms with Crippen molar-refractivity contribution in [3.63, 3.8) is 0 Å². The van der Waals surface area contributed by atoms with E-state index in [0.29, 0.717) is 0 Å². The van der Waals surface area contributed by atoms with Crippen molar-refractivity contribution in [1.82, 2.24) is 0 Å². The van der Waals surface area contributed by atoms with Crippen molar-refractivity contribution in [2.45, 2.75) is 67.2 Å². The van der Waals surface area contributed by atoms with Gasteiger partial charge in [-0.2, -0.15) is 0 Å². The highest BCUT2D eigenvalue weighted by atomic mass is 16.2. The van der Waals surface area contributed by atoms with E-state index in [2.05, 4.69) is 103 Å². The van der Waals surface area contributed by atoms with Crippen LogP contribution in [0.25, 0.3) is 5.57 Å². The topological polar surface area (TPSA) is 20.2 Å². The Labute approximate surface area is 161 Å². The molecule has 1 nitrogen and oxygen atoms in total. The molecular formula is C25H38O. The Morgan fingerprint density at radius 3 is 1.58 bits per heavy atom. The van der Waals surface area contributed by atoms with Gasteiger partial charge in [-0.05, 0) is 50.0 Å². The van der Waals surface area contributed by atoms with Gasteiger partial charge in [-0.25, -0.2) is 0 Å². The number of benzene rings is 2. The first-order chi connectivity index (χ1) is 12.3. The number of rotatable bonds is 3. The van der Waals surface area contributed by atoms with Crippen LogP contribution < -0.4 is 0 Å². The summed E-state index contributed by atoms with van der Waals surface area (Å²) in [6.07, 6.45) is 3.40. The second-order valence-corrected chi connectivity index (χ2v) is 7.06. The molecule has 0 aliphatic carbocycles. The van der Waals surface area contributed by atoms with Crippen LogP contribution in [0.15, 0.2) is 54.6 Å². The van der Waals surface area contributed by atoms with Gasteiger partial charge in [0.05, 0.1) is 0 Å². The van der Waals surface area contributed by atoms with Crippen molar-refractivity contribution < 1.29 is 5.11 Å². The van der Waals surface area contributed by atoms with Crippen LogP contribution in [0.4, 0.5) is 0 Å². The molecule has 2 aromatic carbocycles. The molecule has 0 aliphatic heterocycles. The first kappa shape index (κ1) is 24.1. The van der Waals surface area contributed by atoms with Crippen LogP contribution in [-0.2, 0) is 5.41 Å². The van der Waals surface area contributed by atoms with Crippen molar-refractivity contribution in [3.8, 4) is 0 Å². The lowest BCUT2D eigenvalue weighted by Gasteiger charge is -2.26. The molecule has 0 aliphatic rings. The second kappa shape index (κ2) is 12.5. The third-order valence-corrected chi connectivity index (χ3v) is 4.27. The lowest BCUT2D eigenvalue weighted by molar-refractivity contribution is 0.318. The standard InChI is InChI=1S/C20H24.C3H8.C2H6O/c1-6-16(3)17-9-13-19(14-10-17)20(4,5)18-11-7-15(2)8-12-18;1-3-2;1-2-3/h6-14H,1-5H3;3H2,1-2H3;3H,2H2,1H3. The predicted octanol–water partition coefficient (Wildman–Crippen LogP) is 7.16. The molecule has 0 spiro atoms. The lowest BCUT2D eigenvalue weighted by Crippen LogP contribution is -2.18. The van der Waals surface area contributed by atoms with E-state index in [0.717, 1.165) is 0 Å². The maximum absolute atomic E-state index is 7.57. The number of hydrogen-bond donors (Lipinski definition) is 1. The van der Waals surface area contributed by atoms with Crippen molar-refractivity contribution >= 4 is 5.57 Å². The predicted molar refractivity (Wildman–Crippen MR) is 118 cm³/mol. The molecule has 26 heavy (non-hydrogen) atoms. The van der Waals surface area contributed by atoms with Gasteiger partial charge in [-0.3, -0.25) is 0 Å². The number of aliphatic hydroxyl groups is 1. The minimum atomic E-state index is 0.0378. The number of hydrogen-bond acceptors (Lipinski definition) is 1. The van der Waals surface area contributed by atoms with Crippen LogP contribution >= 0.6 is 0 Å². The molecule has 1 N–H and O–H groups in total. The maximum atomic E-state index is 7.57. The Balaban J connectivity index is 0.000000918. The fourth-order valence-corrected chi connectivity index (χ4v) is 2.45. The molecule has 0 radical (unpaired) electrons. The summed E-state index contributed by atoms with van der Waals surface area (Å²) in [5.41, 5.74) is 6.69. The van der Waals surface area contributed by atoms with E-state index in [4.69, 9.17) is 5.11 Å². The second-order valence-electron chi connectivity index (χ2n) is 7.06. The number of aryl methyl sites for hydroxylation is 1. The van der Waals surface area contributed by atoms with Crippen molar-refractivity contribution in [3.05, 3.63) is 76.9 Å². The van der Waals surface area contributed by atoms with Crippen LogP contribution in [0.1, 0.15) is 77.1 Å². The number of aliphatic hydroxyl groups excluding tert-OH is 1. The van der Waals surface area contributed by atoms with E-state index in [-0.39, 0.29) is 12.0 Å². The molecule has 0 amide bonds. The summed E-state index contributed by atoms with van der Waals surface area (Å²) in [7, 11) is 0. The van der Waals surface area contributed by atoms with Crippen LogP contribution in [0, 0.1) is 6.92 Å². The number of allylic oxidation sites excluding steroid dienone is 2. The van der Waals surface area contributed by atoms with Gasteiger partial charge in [-0.1, -0.05) is 94.3 Å². The van der Waals surface area contributed by atoms with Crippen molar-refractivity contribution in [1.29, 1.82) is 0 Å². The summed E-state index contributed by atoms with van der Waals surface area (Å²) < 4.78 is 0. The van der Waals surface area contributed by atoms with Crippen molar-refractivity contribution in [2.75, 3.05) is 6.61 Å². The normalized spacial score (nSPS) is 11.0. The highest BCUT2D eigenvalue weighted by molar-refractivity contribution is 5.63. The summed E-state index contributed by atoms with van der Waals surface area (Å²) in [4.78, 5) is 0. The van der Waals surface area contributed by atoms with E-state index >= 15 is 0 Å².